The summed E-state index contributed by atoms with van der Waals surface area (Å²) >= 11 is 13.1. The van der Waals surface area contributed by atoms with E-state index in [9.17, 15) is 34.8 Å². The Labute approximate surface area is 211 Å². The van der Waals surface area contributed by atoms with Crippen LogP contribution < -0.4 is 0 Å². The normalized spacial score (nSPS) is 18.9. The molecule has 0 amide bonds. The molecule has 2 aromatic carbocycles. The third-order valence-electron chi connectivity index (χ3n) is 5.83. The van der Waals surface area contributed by atoms with E-state index in [-0.39, 0.29) is 28.3 Å². The zero-order valence-electron chi connectivity index (χ0n) is 18.2. The average molecular weight is 569 g/mol. The first-order valence-electron chi connectivity index (χ1n) is 10.3. The van der Waals surface area contributed by atoms with Gasteiger partial charge in [-0.15, -0.1) is 11.6 Å². The number of fused-ring (bicyclic) bond motifs is 1. The van der Waals surface area contributed by atoms with Crippen molar-refractivity contribution >= 4 is 43.6 Å². The van der Waals surface area contributed by atoms with E-state index in [0.29, 0.717) is 17.1 Å². The third-order valence-corrected chi connectivity index (χ3v) is 8.31. The van der Waals surface area contributed by atoms with Gasteiger partial charge in [-0.2, -0.15) is 26.3 Å². The van der Waals surface area contributed by atoms with Crippen LogP contribution in [0.3, 0.4) is 0 Å². The summed E-state index contributed by atoms with van der Waals surface area (Å²) < 4.78 is 102. The number of sulfone groups is 1. The standard InChI is InChI=1S/C23H16Cl2F6N2O2S/c1-11-18(24)17(14-4-2-3-5-15(14)22(26,27)28)19(25)21-20(11)32-16(33-21)10-12-6-8-13(9-7-12)36(34,35)23(29,30)31/h2-9,11,18H,10H2,1H3,(H,32,33). The number of benzene rings is 2. The Morgan fingerprint density at radius 3 is 2.19 bits per heavy atom. The van der Waals surface area contributed by atoms with Crippen LogP contribution >= 0.6 is 23.2 Å². The summed E-state index contributed by atoms with van der Waals surface area (Å²) in [6.45, 7) is 1.70. The second-order valence-electron chi connectivity index (χ2n) is 8.18. The highest BCUT2D eigenvalue weighted by Crippen LogP contribution is 2.48. The number of H-pyrrole nitrogens is 1. The predicted octanol–water partition coefficient (Wildman–Crippen LogP) is 7.14. The minimum absolute atomic E-state index is 0.0473. The van der Waals surface area contributed by atoms with Crippen molar-refractivity contribution in [2.45, 2.75) is 41.2 Å². The van der Waals surface area contributed by atoms with E-state index >= 15 is 0 Å². The van der Waals surface area contributed by atoms with Crippen LogP contribution in [0.2, 0.25) is 0 Å². The Hall–Kier alpha value is -2.50. The molecule has 1 aliphatic carbocycles. The molecule has 36 heavy (non-hydrogen) atoms. The first-order valence-corrected chi connectivity index (χ1v) is 12.6. The van der Waals surface area contributed by atoms with Gasteiger partial charge >= 0.3 is 11.7 Å². The number of hydrogen-bond donors (Lipinski definition) is 1. The Balaban J connectivity index is 1.71. The van der Waals surface area contributed by atoms with Gasteiger partial charge in [0.05, 0.1) is 20.9 Å². The van der Waals surface area contributed by atoms with Gasteiger partial charge in [0.25, 0.3) is 9.84 Å². The molecule has 4 nitrogen and oxygen atoms in total. The van der Waals surface area contributed by atoms with Crippen LogP contribution in [0.1, 0.15) is 46.7 Å². The Kier molecular flexibility index (Phi) is 6.72. The molecule has 13 heteroatoms. The lowest BCUT2D eigenvalue weighted by atomic mass is 9.84. The van der Waals surface area contributed by atoms with Crippen molar-refractivity contribution in [2.24, 2.45) is 0 Å². The van der Waals surface area contributed by atoms with E-state index in [1.54, 1.807) is 6.92 Å². The fraction of sp³-hybridized carbons (Fsp3) is 0.261. The van der Waals surface area contributed by atoms with E-state index in [1.165, 1.54) is 30.3 Å². The second kappa shape index (κ2) is 9.11. The van der Waals surface area contributed by atoms with Crippen molar-refractivity contribution in [3.8, 4) is 0 Å². The number of nitrogens with zero attached hydrogens (tertiary/aromatic N) is 1. The van der Waals surface area contributed by atoms with Gasteiger partial charge in [-0.1, -0.05) is 48.9 Å². The highest BCUT2D eigenvalue weighted by atomic mass is 35.5. The quantitative estimate of drug-likeness (QED) is 0.268. The average Bonchev–Trinajstić information content (AvgIpc) is 3.21. The lowest BCUT2D eigenvalue weighted by Crippen LogP contribution is -2.23. The van der Waals surface area contributed by atoms with Crippen molar-refractivity contribution in [2.75, 3.05) is 0 Å². The van der Waals surface area contributed by atoms with Gasteiger partial charge < -0.3 is 4.98 Å². The number of imidazole rings is 1. The lowest BCUT2D eigenvalue weighted by molar-refractivity contribution is -0.137. The van der Waals surface area contributed by atoms with Crippen LogP contribution in [0.5, 0.6) is 0 Å². The molecule has 0 saturated heterocycles. The van der Waals surface area contributed by atoms with Crippen molar-refractivity contribution in [1.29, 1.82) is 0 Å². The van der Waals surface area contributed by atoms with Crippen molar-refractivity contribution in [3.05, 3.63) is 82.4 Å². The molecule has 0 radical (unpaired) electrons. The van der Waals surface area contributed by atoms with E-state index < -0.39 is 43.3 Å². The molecule has 0 saturated carbocycles. The number of hydrogen-bond acceptors (Lipinski definition) is 3. The number of alkyl halides is 7. The smallest absolute Gasteiger partial charge is 0.345 e. The molecule has 4 rings (SSSR count). The van der Waals surface area contributed by atoms with Crippen LogP contribution in [-0.4, -0.2) is 29.3 Å². The molecule has 1 aromatic heterocycles. The first kappa shape index (κ1) is 26.6. The predicted molar refractivity (Wildman–Crippen MR) is 123 cm³/mol. The third kappa shape index (κ3) is 4.64. The maximum absolute atomic E-state index is 13.6. The van der Waals surface area contributed by atoms with Crippen molar-refractivity contribution in [3.63, 3.8) is 0 Å². The number of aromatic amines is 1. The van der Waals surface area contributed by atoms with Gasteiger partial charge in [0.1, 0.15) is 11.5 Å². The highest BCUT2D eigenvalue weighted by Gasteiger charge is 2.46. The molecule has 192 valence electrons. The van der Waals surface area contributed by atoms with Crippen molar-refractivity contribution in [1.82, 2.24) is 9.97 Å². The van der Waals surface area contributed by atoms with Crippen LogP contribution in [-0.2, 0) is 22.4 Å². The molecule has 0 spiro atoms. The van der Waals surface area contributed by atoms with Crippen molar-refractivity contribution < 1.29 is 34.8 Å². The van der Waals surface area contributed by atoms with Crippen LogP contribution in [0, 0.1) is 0 Å². The summed E-state index contributed by atoms with van der Waals surface area (Å²) in [5.41, 5.74) is -5.21. The largest absolute Gasteiger partial charge is 0.501 e. The summed E-state index contributed by atoms with van der Waals surface area (Å²) in [5, 5.41) is -0.956. The van der Waals surface area contributed by atoms with Gasteiger partial charge in [-0.05, 0) is 34.9 Å². The first-order chi connectivity index (χ1) is 16.6. The van der Waals surface area contributed by atoms with E-state index in [1.807, 2.05) is 0 Å². The van der Waals surface area contributed by atoms with Gasteiger partial charge in [0.15, 0.2) is 0 Å². The molecule has 0 bridgehead atoms. The summed E-state index contributed by atoms with van der Waals surface area (Å²) in [4.78, 5) is 6.56. The Morgan fingerprint density at radius 2 is 1.61 bits per heavy atom. The van der Waals surface area contributed by atoms with E-state index in [2.05, 4.69) is 9.97 Å². The molecule has 0 fully saturated rings. The van der Waals surface area contributed by atoms with E-state index in [4.69, 9.17) is 23.2 Å². The molecule has 3 aromatic rings. The topological polar surface area (TPSA) is 62.8 Å². The van der Waals surface area contributed by atoms with E-state index in [0.717, 1.165) is 18.2 Å². The molecular weight excluding hydrogens is 553 g/mol. The summed E-state index contributed by atoms with van der Waals surface area (Å²) in [6, 6.07) is 9.07. The van der Waals surface area contributed by atoms with Gasteiger partial charge in [0, 0.05) is 18.0 Å². The Morgan fingerprint density at radius 1 is 1.00 bits per heavy atom. The number of allylic oxidation sites excluding steroid dienone is 1. The minimum atomic E-state index is -5.48. The van der Waals surface area contributed by atoms with Crippen LogP contribution in [0.25, 0.3) is 10.6 Å². The maximum atomic E-state index is 13.6. The second-order valence-corrected chi connectivity index (χ2v) is 11.0. The zero-order chi connectivity index (χ0) is 26.6. The van der Waals surface area contributed by atoms with Gasteiger partial charge in [0.2, 0.25) is 0 Å². The molecule has 2 unspecified atom stereocenters. The number of aromatic nitrogens is 2. The molecule has 1 aliphatic rings. The lowest BCUT2D eigenvalue weighted by Gasteiger charge is -2.28. The fourth-order valence-electron chi connectivity index (χ4n) is 4.01. The molecule has 1 N–H and O–H groups in total. The summed E-state index contributed by atoms with van der Waals surface area (Å²) in [7, 11) is -5.48. The van der Waals surface area contributed by atoms with Gasteiger partial charge in [-0.25, -0.2) is 13.4 Å². The zero-order valence-corrected chi connectivity index (χ0v) is 20.5. The monoisotopic (exact) mass is 568 g/mol. The van der Waals surface area contributed by atoms with Gasteiger partial charge in [-0.3, -0.25) is 0 Å². The minimum Gasteiger partial charge on any atom is -0.345 e. The molecule has 2 atom stereocenters. The molecule has 1 heterocycles. The summed E-state index contributed by atoms with van der Waals surface area (Å²) in [6.07, 6.45) is -4.57. The number of rotatable bonds is 4. The molecule has 0 aliphatic heterocycles. The number of nitrogens with one attached hydrogen (secondary N) is 1. The van der Waals surface area contributed by atoms with Crippen LogP contribution in [0.15, 0.2) is 53.4 Å². The molecular formula is C23H16Cl2F6N2O2S. The maximum Gasteiger partial charge on any atom is 0.501 e. The highest BCUT2D eigenvalue weighted by molar-refractivity contribution is 7.92. The Bertz CT molecular complexity index is 1440. The van der Waals surface area contributed by atoms with Crippen LogP contribution in [0.4, 0.5) is 26.3 Å². The fourth-order valence-corrected chi connectivity index (χ4v) is 5.54. The number of halogens is 8. The summed E-state index contributed by atoms with van der Waals surface area (Å²) in [5.74, 6) is -0.174. The SMILES string of the molecule is CC1c2[nH]c(Cc3ccc(S(=O)(=O)C(F)(F)F)cc3)nc2C(Cl)=C(c2ccccc2C(F)(F)F)C1Cl.